The number of rotatable bonds is 3. The summed E-state index contributed by atoms with van der Waals surface area (Å²) in [6.07, 6.45) is 0. The monoisotopic (exact) mass is 248 g/mol. The predicted molar refractivity (Wildman–Crippen MR) is 77.1 cm³/mol. The fourth-order valence-corrected chi connectivity index (χ4v) is 2.56. The number of carbonyl (C=O) groups excluding carboxylic acids is 1. The maximum absolute atomic E-state index is 12.8. The molecule has 0 unspecified atom stereocenters. The Kier molecular flexibility index (Phi) is 4.05. The highest BCUT2D eigenvalue weighted by Gasteiger charge is 2.24. The van der Waals surface area contributed by atoms with E-state index in [4.69, 9.17) is 1.37 Å². The van der Waals surface area contributed by atoms with Crippen LogP contribution in [0.4, 0.5) is 0 Å². The van der Waals surface area contributed by atoms with Gasteiger partial charge in [0.05, 0.1) is 0 Å². The van der Waals surface area contributed by atoms with E-state index >= 15 is 0 Å². The van der Waals surface area contributed by atoms with Crippen molar-refractivity contribution < 1.29 is 6.17 Å². The van der Waals surface area contributed by atoms with Gasteiger partial charge in [0.25, 0.3) is 5.91 Å². The first-order valence-electron chi connectivity index (χ1n) is 7.22. The summed E-state index contributed by atoms with van der Waals surface area (Å²) in [6.45, 7) is 12.2. The van der Waals surface area contributed by atoms with Gasteiger partial charge in [-0.1, -0.05) is 17.7 Å². The second kappa shape index (κ2) is 5.55. The molecule has 0 aliphatic rings. The minimum atomic E-state index is 0.0461. The third-order valence-electron chi connectivity index (χ3n) is 3.12. The predicted octanol–water partition coefficient (Wildman–Crippen LogP) is 3.87. The first kappa shape index (κ1) is 13.1. The van der Waals surface area contributed by atoms with Crippen molar-refractivity contribution in [2.45, 2.75) is 60.5 Å². The van der Waals surface area contributed by atoms with Gasteiger partial charge in [-0.05, 0) is 59.6 Å². The van der Waals surface area contributed by atoms with Crippen molar-refractivity contribution in [3.63, 3.8) is 0 Å². The van der Waals surface area contributed by atoms with Gasteiger partial charge in [-0.15, -0.1) is 0 Å². The third kappa shape index (κ3) is 2.92. The van der Waals surface area contributed by atoms with E-state index in [0.29, 0.717) is 5.56 Å². The molecule has 0 atom stereocenters. The molecule has 0 radical (unpaired) electrons. The summed E-state index contributed by atoms with van der Waals surface area (Å²) in [6, 6.07) is 4.29. The Bertz CT molecular complexity index is 458. The SMILES string of the molecule is [2H]Cc1cc(C)cc(C)c1C(=O)N(C(C)C)C(C)C. The van der Waals surface area contributed by atoms with Crippen LogP contribution in [0.3, 0.4) is 0 Å². The van der Waals surface area contributed by atoms with E-state index in [9.17, 15) is 4.79 Å². The van der Waals surface area contributed by atoms with Crippen LogP contribution >= 0.6 is 0 Å². The second-order valence-electron chi connectivity index (χ2n) is 5.52. The quantitative estimate of drug-likeness (QED) is 0.795. The van der Waals surface area contributed by atoms with Crippen molar-refractivity contribution in [1.29, 1.82) is 0 Å². The van der Waals surface area contributed by atoms with Crippen molar-refractivity contribution in [3.8, 4) is 0 Å². The fraction of sp³-hybridized carbons (Fsp3) is 0.562. The van der Waals surface area contributed by atoms with Crippen LogP contribution in [-0.4, -0.2) is 22.9 Å². The van der Waals surface area contributed by atoms with Gasteiger partial charge in [0.1, 0.15) is 0 Å². The van der Waals surface area contributed by atoms with Gasteiger partial charge >= 0.3 is 0 Å². The van der Waals surface area contributed by atoms with Crippen LogP contribution in [0.1, 0.15) is 56.1 Å². The van der Waals surface area contributed by atoms with E-state index in [0.717, 1.165) is 16.7 Å². The third-order valence-corrected chi connectivity index (χ3v) is 3.12. The number of aryl methyl sites for hydroxylation is 3. The van der Waals surface area contributed by atoms with Crippen molar-refractivity contribution in [1.82, 2.24) is 4.90 Å². The molecular formula is C16H25NO. The molecule has 1 amide bonds. The molecule has 0 N–H and O–H groups in total. The zero-order valence-corrected chi connectivity index (χ0v) is 12.4. The summed E-state index contributed by atoms with van der Waals surface area (Å²) in [5, 5.41) is 0. The highest BCUT2D eigenvalue weighted by atomic mass is 16.2. The van der Waals surface area contributed by atoms with Gasteiger partial charge in [-0.25, -0.2) is 0 Å². The lowest BCUT2D eigenvalue weighted by Gasteiger charge is -2.32. The summed E-state index contributed by atoms with van der Waals surface area (Å²) in [5.41, 5.74) is 3.62. The average Bonchev–Trinajstić information content (AvgIpc) is 2.26. The Labute approximate surface area is 112 Å². The van der Waals surface area contributed by atoms with Crippen molar-refractivity contribution in [3.05, 3.63) is 34.4 Å². The number of nitrogens with zero attached hydrogens (tertiary/aromatic N) is 1. The topological polar surface area (TPSA) is 20.3 Å². The molecule has 0 aromatic heterocycles. The van der Waals surface area contributed by atoms with E-state index in [-0.39, 0.29) is 24.9 Å². The van der Waals surface area contributed by atoms with Gasteiger partial charge in [-0.3, -0.25) is 4.79 Å². The summed E-state index contributed by atoms with van der Waals surface area (Å²) in [4.78, 5) is 14.7. The molecule has 1 aromatic carbocycles. The molecule has 2 nitrogen and oxygen atoms in total. The van der Waals surface area contributed by atoms with E-state index in [1.165, 1.54) is 0 Å². The fourth-order valence-electron chi connectivity index (χ4n) is 2.56. The highest BCUT2D eigenvalue weighted by Crippen LogP contribution is 2.20. The first-order valence-corrected chi connectivity index (χ1v) is 6.51. The van der Waals surface area contributed by atoms with Crippen molar-refractivity contribution >= 4 is 5.91 Å². The van der Waals surface area contributed by atoms with Crippen LogP contribution in [0, 0.1) is 20.7 Å². The van der Waals surface area contributed by atoms with E-state index in [2.05, 4.69) is 0 Å². The standard InChI is InChI=1S/C16H25NO/c1-10(2)17(11(3)4)16(18)15-13(6)8-12(5)9-14(15)7/h8-11H,1-7H3/i6D. The molecule has 0 spiro atoms. The summed E-state index contributed by atoms with van der Waals surface area (Å²) in [7, 11) is 0. The summed E-state index contributed by atoms with van der Waals surface area (Å²) >= 11 is 0. The molecule has 1 rings (SSSR count). The molecule has 18 heavy (non-hydrogen) atoms. The van der Waals surface area contributed by atoms with E-state index in [1.807, 2.05) is 58.6 Å². The Morgan fingerprint density at radius 3 is 2.06 bits per heavy atom. The Morgan fingerprint density at radius 1 is 1.11 bits per heavy atom. The Morgan fingerprint density at radius 2 is 1.61 bits per heavy atom. The summed E-state index contributed by atoms with van der Waals surface area (Å²) in [5.74, 6) is 0.0461. The van der Waals surface area contributed by atoms with Gasteiger partial charge in [0.15, 0.2) is 0 Å². The maximum Gasteiger partial charge on any atom is 0.254 e. The number of hydrogen-bond donors (Lipinski definition) is 0. The van der Waals surface area contributed by atoms with Crippen LogP contribution in [-0.2, 0) is 0 Å². The largest absolute Gasteiger partial charge is 0.334 e. The van der Waals surface area contributed by atoms with Crippen LogP contribution in [0.15, 0.2) is 12.1 Å². The molecular weight excluding hydrogens is 222 g/mol. The zero-order valence-electron chi connectivity index (χ0n) is 13.4. The molecule has 0 heterocycles. The first-order chi connectivity index (χ1) is 8.79. The molecule has 1 aromatic rings. The molecule has 0 aliphatic heterocycles. The second-order valence-corrected chi connectivity index (χ2v) is 5.52. The van der Waals surface area contributed by atoms with Crippen LogP contribution in [0.2, 0.25) is 0 Å². The van der Waals surface area contributed by atoms with Gasteiger partial charge < -0.3 is 4.90 Å². The van der Waals surface area contributed by atoms with Gasteiger partial charge in [0, 0.05) is 19.0 Å². The molecule has 100 valence electrons. The number of carbonyl (C=O) groups is 1. The Balaban J connectivity index is 3.32. The Hall–Kier alpha value is -1.31. The number of benzene rings is 1. The molecule has 0 aliphatic carbocycles. The van der Waals surface area contributed by atoms with E-state index in [1.54, 1.807) is 0 Å². The van der Waals surface area contributed by atoms with Crippen LogP contribution < -0.4 is 0 Å². The van der Waals surface area contributed by atoms with Crippen LogP contribution in [0.25, 0.3) is 0 Å². The average molecular weight is 248 g/mol. The molecule has 0 fully saturated rings. The van der Waals surface area contributed by atoms with Crippen molar-refractivity contribution in [2.24, 2.45) is 0 Å². The number of hydrogen-bond acceptors (Lipinski definition) is 1. The minimum absolute atomic E-state index is 0.0461. The lowest BCUT2D eigenvalue weighted by Crippen LogP contribution is -2.42. The zero-order chi connectivity index (χ0) is 14.7. The molecule has 0 saturated heterocycles. The normalized spacial score (nSPS) is 11.9. The van der Waals surface area contributed by atoms with Crippen LogP contribution in [0.5, 0.6) is 0 Å². The van der Waals surface area contributed by atoms with Gasteiger partial charge in [0.2, 0.25) is 0 Å². The summed E-state index contributed by atoms with van der Waals surface area (Å²) < 4.78 is 7.66. The van der Waals surface area contributed by atoms with E-state index < -0.39 is 0 Å². The molecule has 0 saturated carbocycles. The number of amides is 1. The van der Waals surface area contributed by atoms with Gasteiger partial charge in [-0.2, -0.15) is 0 Å². The maximum atomic E-state index is 12.8. The minimum Gasteiger partial charge on any atom is -0.334 e. The smallest absolute Gasteiger partial charge is 0.254 e. The highest BCUT2D eigenvalue weighted by molar-refractivity contribution is 5.97. The molecule has 2 heteroatoms. The lowest BCUT2D eigenvalue weighted by molar-refractivity contribution is 0.0642. The lowest BCUT2D eigenvalue weighted by atomic mass is 9.98. The molecule has 0 bridgehead atoms. The van der Waals surface area contributed by atoms with Crippen molar-refractivity contribution in [2.75, 3.05) is 0 Å².